The Morgan fingerprint density at radius 3 is 3.17 bits per heavy atom. The summed E-state index contributed by atoms with van der Waals surface area (Å²) in [5, 5.41) is 3.64. The number of hydrogen-bond acceptors (Lipinski definition) is 4. The second kappa shape index (κ2) is 7.79. The van der Waals surface area contributed by atoms with Gasteiger partial charge in [0.25, 0.3) is 5.91 Å². The number of nitrogens with zero attached hydrogens (tertiary/aromatic N) is 1. The van der Waals surface area contributed by atoms with Crippen LogP contribution in [0.15, 0.2) is 24.3 Å². The van der Waals surface area contributed by atoms with E-state index in [1.807, 2.05) is 12.1 Å². The van der Waals surface area contributed by atoms with Crippen LogP contribution < -0.4 is 10.1 Å². The SMILES string of the molecule is CCCCOc1cccc(C(=O)Nc2nc3c(s2)CC(C)CC3)c1. The smallest absolute Gasteiger partial charge is 0.257 e. The number of thiazole rings is 1. The predicted octanol–water partition coefficient (Wildman–Crippen LogP) is 4.70. The number of benzene rings is 1. The van der Waals surface area contributed by atoms with Gasteiger partial charge in [0.15, 0.2) is 5.13 Å². The molecule has 3 rings (SSSR count). The fourth-order valence-electron chi connectivity index (χ4n) is 2.82. The maximum Gasteiger partial charge on any atom is 0.257 e. The van der Waals surface area contributed by atoms with Crippen LogP contribution in [-0.2, 0) is 12.8 Å². The molecule has 1 N–H and O–H groups in total. The zero-order valence-corrected chi connectivity index (χ0v) is 15.1. The molecule has 1 aliphatic carbocycles. The lowest BCUT2D eigenvalue weighted by molar-refractivity contribution is 0.102. The highest BCUT2D eigenvalue weighted by molar-refractivity contribution is 7.15. The first-order valence-corrected chi connectivity index (χ1v) is 9.50. The van der Waals surface area contributed by atoms with Gasteiger partial charge in [0.1, 0.15) is 5.75 Å². The molecular formula is C19H24N2O2S. The average molecular weight is 344 g/mol. The Hall–Kier alpha value is -1.88. The van der Waals surface area contributed by atoms with Crippen LogP contribution in [0.25, 0.3) is 0 Å². The quantitative estimate of drug-likeness (QED) is 0.773. The molecule has 128 valence electrons. The second-order valence-electron chi connectivity index (χ2n) is 6.42. The van der Waals surface area contributed by atoms with Gasteiger partial charge < -0.3 is 4.74 Å². The summed E-state index contributed by atoms with van der Waals surface area (Å²) >= 11 is 1.61. The number of aryl methyl sites for hydroxylation is 1. The van der Waals surface area contributed by atoms with Crippen molar-refractivity contribution in [1.82, 2.24) is 4.98 Å². The van der Waals surface area contributed by atoms with Crippen LogP contribution in [0, 0.1) is 5.92 Å². The Balaban J connectivity index is 1.65. The van der Waals surface area contributed by atoms with Gasteiger partial charge in [0, 0.05) is 10.4 Å². The van der Waals surface area contributed by atoms with Gasteiger partial charge >= 0.3 is 0 Å². The number of carbonyl (C=O) groups excluding carboxylic acids is 1. The Bertz CT molecular complexity index is 711. The summed E-state index contributed by atoms with van der Waals surface area (Å²) in [5.41, 5.74) is 1.76. The van der Waals surface area contributed by atoms with E-state index in [1.165, 1.54) is 11.3 Å². The Morgan fingerprint density at radius 1 is 1.46 bits per heavy atom. The summed E-state index contributed by atoms with van der Waals surface area (Å²) in [6.45, 7) is 5.07. The van der Waals surface area contributed by atoms with E-state index in [4.69, 9.17) is 4.74 Å². The van der Waals surface area contributed by atoms with Gasteiger partial charge in [0.05, 0.1) is 12.3 Å². The number of amides is 1. The number of nitrogens with one attached hydrogen (secondary N) is 1. The van der Waals surface area contributed by atoms with Crippen LogP contribution in [0.3, 0.4) is 0 Å². The first-order valence-electron chi connectivity index (χ1n) is 8.68. The van der Waals surface area contributed by atoms with Gasteiger partial charge in [-0.3, -0.25) is 10.1 Å². The largest absolute Gasteiger partial charge is 0.494 e. The summed E-state index contributed by atoms with van der Waals surface area (Å²) in [6.07, 6.45) is 5.38. The normalized spacial score (nSPS) is 16.5. The Labute approximate surface area is 147 Å². The van der Waals surface area contributed by atoms with E-state index in [-0.39, 0.29) is 5.91 Å². The molecule has 1 amide bonds. The zero-order valence-electron chi connectivity index (χ0n) is 14.3. The first kappa shape index (κ1) is 17.0. The summed E-state index contributed by atoms with van der Waals surface area (Å²) in [6, 6.07) is 7.33. The molecule has 0 radical (unpaired) electrons. The van der Waals surface area contributed by atoms with E-state index in [1.54, 1.807) is 23.5 Å². The van der Waals surface area contributed by atoms with Crippen molar-refractivity contribution in [2.45, 2.75) is 46.0 Å². The van der Waals surface area contributed by atoms with Gasteiger partial charge in [-0.15, -0.1) is 11.3 Å². The fourth-order valence-corrected chi connectivity index (χ4v) is 3.99. The van der Waals surface area contributed by atoms with Gasteiger partial charge in [0.2, 0.25) is 0 Å². The minimum atomic E-state index is -0.130. The number of aromatic nitrogens is 1. The van der Waals surface area contributed by atoms with Crippen LogP contribution in [0.2, 0.25) is 0 Å². The monoisotopic (exact) mass is 344 g/mol. The van der Waals surface area contributed by atoms with Crippen molar-refractivity contribution in [3.8, 4) is 5.75 Å². The molecule has 5 heteroatoms. The second-order valence-corrected chi connectivity index (χ2v) is 7.50. The molecule has 1 aromatic heterocycles. The van der Waals surface area contributed by atoms with Crippen LogP contribution in [0.4, 0.5) is 5.13 Å². The Kier molecular flexibility index (Phi) is 5.51. The lowest BCUT2D eigenvalue weighted by Gasteiger charge is -2.15. The number of unbranched alkanes of at least 4 members (excludes halogenated alkanes) is 1. The van der Waals surface area contributed by atoms with E-state index >= 15 is 0 Å². The average Bonchev–Trinajstić information content (AvgIpc) is 2.96. The van der Waals surface area contributed by atoms with E-state index in [2.05, 4.69) is 24.1 Å². The van der Waals surface area contributed by atoms with Gasteiger partial charge in [-0.1, -0.05) is 26.3 Å². The molecule has 1 heterocycles. The highest BCUT2D eigenvalue weighted by atomic mass is 32.1. The molecular weight excluding hydrogens is 320 g/mol. The standard InChI is InChI=1S/C19H24N2O2S/c1-3-4-10-23-15-7-5-6-14(12-15)18(22)21-19-20-16-9-8-13(2)11-17(16)24-19/h5-7,12-13H,3-4,8-11H2,1-2H3,(H,20,21,22). The van der Waals surface area contributed by atoms with Crippen molar-refractivity contribution in [1.29, 1.82) is 0 Å². The summed E-state index contributed by atoms with van der Waals surface area (Å²) < 4.78 is 5.67. The number of fused-ring (bicyclic) bond motifs is 1. The van der Waals surface area contributed by atoms with Crippen molar-refractivity contribution in [3.63, 3.8) is 0 Å². The fraction of sp³-hybridized carbons (Fsp3) is 0.474. The lowest BCUT2D eigenvalue weighted by Crippen LogP contribution is -2.12. The van der Waals surface area contributed by atoms with E-state index in [0.29, 0.717) is 23.2 Å². The third-order valence-electron chi connectivity index (χ3n) is 4.27. The number of ether oxygens (including phenoxy) is 1. The van der Waals surface area contributed by atoms with Crippen LogP contribution in [0.1, 0.15) is 54.0 Å². The number of carbonyl (C=O) groups is 1. The summed E-state index contributed by atoms with van der Waals surface area (Å²) in [4.78, 5) is 18.4. The molecule has 2 aromatic rings. The molecule has 0 fully saturated rings. The van der Waals surface area contributed by atoms with Crippen LogP contribution in [0.5, 0.6) is 5.75 Å². The highest BCUT2D eigenvalue weighted by Crippen LogP contribution is 2.32. The lowest BCUT2D eigenvalue weighted by atomic mass is 9.93. The maximum absolute atomic E-state index is 12.5. The molecule has 0 spiro atoms. The van der Waals surface area contributed by atoms with Gasteiger partial charge in [-0.2, -0.15) is 0 Å². The number of anilines is 1. The molecule has 0 saturated carbocycles. The third kappa shape index (κ3) is 4.15. The van der Waals surface area contributed by atoms with Crippen LogP contribution in [-0.4, -0.2) is 17.5 Å². The minimum Gasteiger partial charge on any atom is -0.494 e. The molecule has 1 aromatic carbocycles. The van der Waals surface area contributed by atoms with E-state index < -0.39 is 0 Å². The molecule has 0 saturated heterocycles. The van der Waals surface area contributed by atoms with E-state index in [9.17, 15) is 4.79 Å². The van der Waals surface area contributed by atoms with Crippen molar-refractivity contribution < 1.29 is 9.53 Å². The molecule has 24 heavy (non-hydrogen) atoms. The molecule has 4 nitrogen and oxygen atoms in total. The van der Waals surface area contributed by atoms with Crippen molar-refractivity contribution in [3.05, 3.63) is 40.4 Å². The molecule has 1 unspecified atom stereocenters. The van der Waals surface area contributed by atoms with Crippen molar-refractivity contribution in [2.75, 3.05) is 11.9 Å². The summed E-state index contributed by atoms with van der Waals surface area (Å²) in [7, 11) is 0. The Morgan fingerprint density at radius 2 is 2.33 bits per heavy atom. The van der Waals surface area contributed by atoms with Gasteiger partial charge in [-0.25, -0.2) is 4.98 Å². The predicted molar refractivity (Wildman–Crippen MR) is 98.1 cm³/mol. The summed E-state index contributed by atoms with van der Waals surface area (Å²) in [5.74, 6) is 1.32. The van der Waals surface area contributed by atoms with Crippen molar-refractivity contribution in [2.24, 2.45) is 5.92 Å². The highest BCUT2D eigenvalue weighted by Gasteiger charge is 2.20. The molecule has 1 aliphatic rings. The van der Waals surface area contributed by atoms with Gasteiger partial charge in [-0.05, 0) is 49.8 Å². The maximum atomic E-state index is 12.5. The third-order valence-corrected chi connectivity index (χ3v) is 5.30. The van der Waals surface area contributed by atoms with Crippen LogP contribution >= 0.6 is 11.3 Å². The molecule has 0 bridgehead atoms. The molecule has 0 aliphatic heterocycles. The topological polar surface area (TPSA) is 51.2 Å². The first-order chi connectivity index (χ1) is 11.7. The zero-order chi connectivity index (χ0) is 16.9. The van der Waals surface area contributed by atoms with E-state index in [0.717, 1.165) is 37.1 Å². The minimum absolute atomic E-state index is 0.130. The van der Waals surface area contributed by atoms with Crippen molar-refractivity contribution >= 4 is 22.4 Å². The number of hydrogen-bond donors (Lipinski definition) is 1. The number of rotatable bonds is 6. The molecule has 1 atom stereocenters.